The summed E-state index contributed by atoms with van der Waals surface area (Å²) in [5.41, 5.74) is 4.67. The van der Waals surface area contributed by atoms with Crippen molar-refractivity contribution in [3.63, 3.8) is 0 Å². The Hall–Kier alpha value is -3.38. The second kappa shape index (κ2) is 8.63. The summed E-state index contributed by atoms with van der Waals surface area (Å²) in [6.07, 6.45) is 6.32. The minimum absolute atomic E-state index is 0.108. The van der Waals surface area contributed by atoms with Crippen LogP contribution in [-0.2, 0) is 13.5 Å². The SMILES string of the molecule is CN1CCC(c2cccc(C(=O)Cc3cc4cc(-c5cn(C)nn5)ccc4cn3)c2)CC1. The smallest absolute Gasteiger partial charge is 0.168 e. The van der Waals surface area contributed by atoms with Crippen LogP contribution in [0.5, 0.6) is 0 Å². The number of rotatable bonds is 5. The molecule has 1 aliphatic rings. The second-order valence-electron chi connectivity index (χ2n) is 8.82. The van der Waals surface area contributed by atoms with Gasteiger partial charge in [0, 0.05) is 35.5 Å². The third-order valence-electron chi connectivity index (χ3n) is 6.42. The van der Waals surface area contributed by atoms with Gasteiger partial charge < -0.3 is 4.90 Å². The minimum Gasteiger partial charge on any atom is -0.306 e. The summed E-state index contributed by atoms with van der Waals surface area (Å²) in [6.45, 7) is 2.22. The molecule has 2 aromatic carbocycles. The van der Waals surface area contributed by atoms with Crippen LogP contribution < -0.4 is 0 Å². The first-order chi connectivity index (χ1) is 15.5. The number of carbonyl (C=O) groups is 1. The molecule has 5 rings (SSSR count). The van der Waals surface area contributed by atoms with Gasteiger partial charge in [-0.1, -0.05) is 35.5 Å². The Kier molecular flexibility index (Phi) is 5.53. The van der Waals surface area contributed by atoms with Crippen LogP contribution in [0, 0.1) is 0 Å². The summed E-state index contributed by atoms with van der Waals surface area (Å²) in [7, 11) is 4.02. The number of nitrogens with zero attached hydrogens (tertiary/aromatic N) is 5. The van der Waals surface area contributed by atoms with Crippen molar-refractivity contribution >= 4 is 16.6 Å². The summed E-state index contributed by atoms with van der Waals surface area (Å²) in [5.74, 6) is 0.647. The van der Waals surface area contributed by atoms with E-state index in [1.54, 1.807) is 4.68 Å². The standard InChI is InChI=1S/C26H27N5O/c1-30-10-8-18(9-11-30)19-4-3-5-21(12-19)26(32)15-24-14-23-13-20(6-7-22(23)16-27-24)25-17-31(2)29-28-25/h3-7,12-14,16-18H,8-11,15H2,1-2H3. The number of aromatic nitrogens is 4. The molecule has 162 valence electrons. The van der Waals surface area contributed by atoms with E-state index in [0.29, 0.717) is 12.3 Å². The Bertz CT molecular complexity index is 1270. The van der Waals surface area contributed by atoms with Gasteiger partial charge in [0.25, 0.3) is 0 Å². The number of benzene rings is 2. The maximum absolute atomic E-state index is 13.1. The van der Waals surface area contributed by atoms with Crippen molar-refractivity contribution in [1.82, 2.24) is 24.9 Å². The number of pyridine rings is 1. The lowest BCUT2D eigenvalue weighted by Gasteiger charge is -2.29. The molecule has 0 unspecified atom stereocenters. The van der Waals surface area contributed by atoms with Crippen LogP contribution in [0.2, 0.25) is 0 Å². The van der Waals surface area contributed by atoms with E-state index in [1.807, 2.05) is 49.8 Å². The van der Waals surface area contributed by atoms with E-state index in [1.165, 1.54) is 5.56 Å². The number of ketones is 1. The largest absolute Gasteiger partial charge is 0.306 e. The number of likely N-dealkylation sites (tertiary alicyclic amines) is 1. The highest BCUT2D eigenvalue weighted by atomic mass is 16.1. The molecule has 2 aromatic heterocycles. The molecule has 6 heteroatoms. The number of hydrogen-bond donors (Lipinski definition) is 0. The Morgan fingerprint density at radius 1 is 1.03 bits per heavy atom. The predicted molar refractivity (Wildman–Crippen MR) is 126 cm³/mol. The fraction of sp³-hybridized carbons (Fsp3) is 0.308. The molecule has 0 amide bonds. The van der Waals surface area contributed by atoms with Crippen LogP contribution in [0.3, 0.4) is 0 Å². The first-order valence-corrected chi connectivity index (χ1v) is 11.1. The zero-order valence-electron chi connectivity index (χ0n) is 18.5. The zero-order chi connectivity index (χ0) is 22.1. The lowest BCUT2D eigenvalue weighted by atomic mass is 9.88. The lowest BCUT2D eigenvalue weighted by Crippen LogP contribution is -2.29. The van der Waals surface area contributed by atoms with E-state index in [-0.39, 0.29) is 5.78 Å². The highest BCUT2D eigenvalue weighted by molar-refractivity contribution is 5.98. The molecule has 1 fully saturated rings. The Balaban J connectivity index is 1.36. The molecule has 0 N–H and O–H groups in total. The highest BCUT2D eigenvalue weighted by Crippen LogP contribution is 2.28. The fourth-order valence-corrected chi connectivity index (χ4v) is 4.50. The minimum atomic E-state index is 0.108. The van der Waals surface area contributed by atoms with Crippen molar-refractivity contribution in [3.05, 3.63) is 77.7 Å². The number of carbonyl (C=O) groups excluding carboxylic acids is 1. The Morgan fingerprint density at radius 3 is 2.66 bits per heavy atom. The number of fused-ring (bicyclic) bond motifs is 1. The summed E-state index contributed by atoms with van der Waals surface area (Å²) < 4.78 is 1.69. The first-order valence-electron chi connectivity index (χ1n) is 11.1. The molecule has 1 aliphatic heterocycles. The second-order valence-corrected chi connectivity index (χ2v) is 8.82. The third kappa shape index (κ3) is 4.32. The number of aryl methyl sites for hydroxylation is 1. The number of hydrogen-bond acceptors (Lipinski definition) is 5. The topological polar surface area (TPSA) is 63.9 Å². The number of Topliss-reactive ketones (excluding diaryl/α,β-unsaturated/α-hetero) is 1. The van der Waals surface area contributed by atoms with Gasteiger partial charge in [0.2, 0.25) is 0 Å². The molecule has 4 aromatic rings. The molecule has 1 saturated heterocycles. The van der Waals surface area contributed by atoms with Gasteiger partial charge in [-0.25, -0.2) is 0 Å². The maximum Gasteiger partial charge on any atom is 0.168 e. The van der Waals surface area contributed by atoms with Crippen molar-refractivity contribution < 1.29 is 4.79 Å². The molecule has 0 atom stereocenters. The normalized spacial score (nSPS) is 15.3. The Labute approximate surface area is 187 Å². The molecule has 0 spiro atoms. The van der Waals surface area contributed by atoms with Crippen molar-refractivity contribution in [2.45, 2.75) is 25.2 Å². The summed E-state index contributed by atoms with van der Waals surface area (Å²) >= 11 is 0. The third-order valence-corrected chi connectivity index (χ3v) is 6.42. The van der Waals surface area contributed by atoms with E-state index >= 15 is 0 Å². The monoisotopic (exact) mass is 425 g/mol. The average molecular weight is 426 g/mol. The van der Waals surface area contributed by atoms with Gasteiger partial charge in [0.1, 0.15) is 5.69 Å². The molecule has 0 radical (unpaired) electrons. The number of piperidine rings is 1. The van der Waals surface area contributed by atoms with Crippen molar-refractivity contribution in [2.24, 2.45) is 7.05 Å². The molecule has 3 heterocycles. The van der Waals surface area contributed by atoms with E-state index in [0.717, 1.165) is 59.2 Å². The van der Waals surface area contributed by atoms with Crippen molar-refractivity contribution in [3.8, 4) is 11.3 Å². The van der Waals surface area contributed by atoms with Crippen LogP contribution in [0.1, 0.15) is 40.4 Å². The van der Waals surface area contributed by atoms with Crippen LogP contribution in [0.25, 0.3) is 22.0 Å². The van der Waals surface area contributed by atoms with E-state index < -0.39 is 0 Å². The average Bonchev–Trinajstić information content (AvgIpc) is 3.25. The van der Waals surface area contributed by atoms with Gasteiger partial charge in [-0.15, -0.1) is 5.10 Å². The maximum atomic E-state index is 13.1. The highest BCUT2D eigenvalue weighted by Gasteiger charge is 2.19. The van der Waals surface area contributed by atoms with Gasteiger partial charge in [0.15, 0.2) is 5.78 Å². The van der Waals surface area contributed by atoms with Crippen LogP contribution in [0.15, 0.2) is 60.9 Å². The van der Waals surface area contributed by atoms with E-state index in [4.69, 9.17) is 0 Å². The fourth-order valence-electron chi connectivity index (χ4n) is 4.50. The first kappa shape index (κ1) is 20.5. The zero-order valence-corrected chi connectivity index (χ0v) is 18.5. The van der Waals surface area contributed by atoms with Gasteiger partial charge in [-0.2, -0.15) is 0 Å². The molecular weight excluding hydrogens is 398 g/mol. The summed E-state index contributed by atoms with van der Waals surface area (Å²) in [4.78, 5) is 20.0. The predicted octanol–water partition coefficient (Wildman–Crippen LogP) is 4.26. The quantitative estimate of drug-likeness (QED) is 0.447. The lowest BCUT2D eigenvalue weighted by molar-refractivity contribution is 0.0992. The molecule has 0 bridgehead atoms. The van der Waals surface area contributed by atoms with Gasteiger partial charge in [0.05, 0.1) is 12.6 Å². The molecule has 6 nitrogen and oxygen atoms in total. The Morgan fingerprint density at radius 2 is 1.88 bits per heavy atom. The van der Waals surface area contributed by atoms with Crippen LogP contribution in [-0.4, -0.2) is 50.8 Å². The van der Waals surface area contributed by atoms with Gasteiger partial charge in [-0.3, -0.25) is 14.5 Å². The van der Waals surface area contributed by atoms with Crippen LogP contribution >= 0.6 is 0 Å². The molecular formula is C26H27N5O. The van der Waals surface area contributed by atoms with Crippen molar-refractivity contribution in [1.29, 1.82) is 0 Å². The molecule has 0 aliphatic carbocycles. The molecule has 32 heavy (non-hydrogen) atoms. The van der Waals surface area contributed by atoms with Crippen molar-refractivity contribution in [2.75, 3.05) is 20.1 Å². The van der Waals surface area contributed by atoms with Gasteiger partial charge in [-0.05, 0) is 68.0 Å². The van der Waals surface area contributed by atoms with E-state index in [2.05, 4.69) is 45.4 Å². The summed E-state index contributed by atoms with van der Waals surface area (Å²) in [6, 6.07) is 16.3. The molecule has 0 saturated carbocycles. The summed E-state index contributed by atoms with van der Waals surface area (Å²) in [5, 5.41) is 10.3. The van der Waals surface area contributed by atoms with E-state index in [9.17, 15) is 4.79 Å². The van der Waals surface area contributed by atoms with Gasteiger partial charge >= 0.3 is 0 Å². The van der Waals surface area contributed by atoms with Crippen LogP contribution in [0.4, 0.5) is 0 Å².